The number of fused-ring (bicyclic) bond motifs is 1. The molecular weight excluding hydrogens is 463 g/mol. The van der Waals surface area contributed by atoms with Gasteiger partial charge in [-0.15, -0.1) is 0 Å². The summed E-state index contributed by atoms with van der Waals surface area (Å²) in [6.45, 7) is 6.81. The number of allylic oxidation sites excluding steroid dienone is 1. The van der Waals surface area contributed by atoms with Gasteiger partial charge in [-0.05, 0) is 59.0 Å². The molecular formula is C32H33FN2O2. The molecule has 0 saturated heterocycles. The lowest BCUT2D eigenvalue weighted by Crippen LogP contribution is -2.22. The Hall–Kier alpha value is -3.99. The van der Waals surface area contributed by atoms with Gasteiger partial charge in [-0.25, -0.2) is 9.37 Å². The van der Waals surface area contributed by atoms with E-state index in [0.29, 0.717) is 16.8 Å². The van der Waals surface area contributed by atoms with Crippen LogP contribution in [0.3, 0.4) is 0 Å². The van der Waals surface area contributed by atoms with E-state index in [1.807, 2.05) is 67.5 Å². The molecule has 0 fully saturated rings. The van der Waals surface area contributed by atoms with Gasteiger partial charge in [0, 0.05) is 43.2 Å². The maximum Gasteiger partial charge on any atom is 0.187 e. The number of halogens is 1. The van der Waals surface area contributed by atoms with E-state index in [0.717, 1.165) is 22.2 Å². The first kappa shape index (κ1) is 26.1. The fourth-order valence-electron chi connectivity index (χ4n) is 4.57. The van der Waals surface area contributed by atoms with Crippen molar-refractivity contribution in [3.63, 3.8) is 0 Å². The van der Waals surface area contributed by atoms with Crippen LogP contribution in [0.1, 0.15) is 53.9 Å². The number of benzene rings is 3. The molecule has 0 amide bonds. The lowest BCUT2D eigenvalue weighted by Gasteiger charge is -2.33. The third kappa shape index (κ3) is 6.42. The summed E-state index contributed by atoms with van der Waals surface area (Å²) in [5.41, 5.74) is 4.02. The number of carbonyl (C=O) groups excluding carboxylic acids is 1. The van der Waals surface area contributed by atoms with Gasteiger partial charge in [-0.3, -0.25) is 4.79 Å². The average Bonchev–Trinajstić information content (AvgIpc) is 2.86. The monoisotopic (exact) mass is 496 g/mol. The van der Waals surface area contributed by atoms with Gasteiger partial charge in [0.15, 0.2) is 5.78 Å². The van der Waals surface area contributed by atoms with Crippen LogP contribution in [0, 0.1) is 11.2 Å². The standard InChI is InChI=1S/C32H33FN2O2/c1-32(2,3)31(22-9-7-6-8-10-22)28-20-26(14-15-27(28)30(36)17-18-35(4)5)37-21-25-13-11-23-19-24(33)12-16-29(23)34-25/h6-20,31H,21H2,1-5H3. The summed E-state index contributed by atoms with van der Waals surface area (Å²) in [4.78, 5) is 19.7. The van der Waals surface area contributed by atoms with Gasteiger partial charge in [-0.1, -0.05) is 57.2 Å². The van der Waals surface area contributed by atoms with Crippen molar-refractivity contribution >= 4 is 16.7 Å². The number of rotatable bonds is 8. The second-order valence-corrected chi connectivity index (χ2v) is 10.5. The molecule has 1 aromatic heterocycles. The van der Waals surface area contributed by atoms with Crippen molar-refractivity contribution in [3.05, 3.63) is 119 Å². The first-order valence-electron chi connectivity index (χ1n) is 12.4. The molecule has 1 unspecified atom stereocenters. The molecule has 0 bridgehead atoms. The van der Waals surface area contributed by atoms with E-state index in [2.05, 4.69) is 37.9 Å². The van der Waals surface area contributed by atoms with Crippen LogP contribution in [0.5, 0.6) is 5.75 Å². The summed E-state index contributed by atoms with van der Waals surface area (Å²) in [5, 5.41) is 0.746. The molecule has 0 aliphatic heterocycles. The summed E-state index contributed by atoms with van der Waals surface area (Å²) in [6.07, 6.45) is 3.37. The maximum absolute atomic E-state index is 13.5. The minimum Gasteiger partial charge on any atom is -0.487 e. The van der Waals surface area contributed by atoms with Gasteiger partial charge < -0.3 is 9.64 Å². The molecule has 1 atom stereocenters. The lowest BCUT2D eigenvalue weighted by atomic mass is 9.71. The normalized spacial score (nSPS) is 12.6. The first-order chi connectivity index (χ1) is 17.6. The van der Waals surface area contributed by atoms with E-state index >= 15 is 0 Å². The summed E-state index contributed by atoms with van der Waals surface area (Å²) < 4.78 is 19.7. The lowest BCUT2D eigenvalue weighted by molar-refractivity contribution is 0.104. The number of aromatic nitrogens is 1. The molecule has 0 radical (unpaired) electrons. The molecule has 4 rings (SSSR count). The van der Waals surface area contributed by atoms with Gasteiger partial charge in [0.1, 0.15) is 18.2 Å². The zero-order valence-electron chi connectivity index (χ0n) is 22.0. The highest BCUT2D eigenvalue weighted by atomic mass is 19.1. The molecule has 5 heteroatoms. The van der Waals surface area contributed by atoms with Crippen molar-refractivity contribution in [1.29, 1.82) is 0 Å². The second-order valence-electron chi connectivity index (χ2n) is 10.5. The van der Waals surface area contributed by atoms with Crippen molar-refractivity contribution in [3.8, 4) is 5.75 Å². The zero-order chi connectivity index (χ0) is 26.6. The van der Waals surface area contributed by atoms with Crippen molar-refractivity contribution in [2.45, 2.75) is 33.3 Å². The first-order valence-corrected chi connectivity index (χ1v) is 12.4. The number of carbonyl (C=O) groups is 1. The van der Waals surface area contributed by atoms with E-state index in [9.17, 15) is 9.18 Å². The minimum atomic E-state index is -0.285. The van der Waals surface area contributed by atoms with Crippen molar-refractivity contribution in [2.24, 2.45) is 5.41 Å². The fraction of sp³-hybridized carbons (Fsp3) is 0.250. The van der Waals surface area contributed by atoms with Crippen LogP contribution in [-0.2, 0) is 6.61 Å². The summed E-state index contributed by atoms with van der Waals surface area (Å²) in [7, 11) is 3.78. The predicted molar refractivity (Wildman–Crippen MR) is 147 cm³/mol. The Labute approximate surface area is 218 Å². The van der Waals surface area contributed by atoms with E-state index in [4.69, 9.17) is 4.74 Å². The summed E-state index contributed by atoms with van der Waals surface area (Å²) in [5.74, 6) is 0.295. The summed E-state index contributed by atoms with van der Waals surface area (Å²) >= 11 is 0. The van der Waals surface area contributed by atoms with Gasteiger partial charge in [0.25, 0.3) is 0 Å². The second kappa shape index (κ2) is 11.0. The largest absolute Gasteiger partial charge is 0.487 e. The van der Waals surface area contributed by atoms with E-state index in [1.54, 1.807) is 18.3 Å². The highest BCUT2D eigenvalue weighted by Gasteiger charge is 2.31. The quantitative estimate of drug-likeness (QED) is 0.188. The predicted octanol–water partition coefficient (Wildman–Crippen LogP) is 7.39. The highest BCUT2D eigenvalue weighted by molar-refractivity contribution is 6.06. The Morgan fingerprint density at radius 2 is 1.76 bits per heavy atom. The van der Waals surface area contributed by atoms with Crippen LogP contribution in [0.25, 0.3) is 10.9 Å². The fourth-order valence-corrected chi connectivity index (χ4v) is 4.57. The van der Waals surface area contributed by atoms with Gasteiger partial charge in [0.2, 0.25) is 0 Å². The number of hydrogen-bond donors (Lipinski definition) is 0. The molecule has 0 N–H and O–H groups in total. The summed E-state index contributed by atoms with van der Waals surface area (Å²) in [6, 6.07) is 24.2. The smallest absolute Gasteiger partial charge is 0.187 e. The van der Waals surface area contributed by atoms with E-state index in [-0.39, 0.29) is 29.5 Å². The van der Waals surface area contributed by atoms with E-state index < -0.39 is 0 Å². The van der Waals surface area contributed by atoms with Gasteiger partial charge in [0.05, 0.1) is 11.2 Å². The van der Waals surface area contributed by atoms with Crippen LogP contribution in [0.4, 0.5) is 4.39 Å². The molecule has 0 aliphatic carbocycles. The van der Waals surface area contributed by atoms with Crippen LogP contribution >= 0.6 is 0 Å². The number of pyridine rings is 1. The molecule has 0 aliphatic rings. The van der Waals surface area contributed by atoms with Crippen LogP contribution < -0.4 is 4.74 Å². The van der Waals surface area contributed by atoms with Crippen LogP contribution in [0.2, 0.25) is 0 Å². The Kier molecular flexibility index (Phi) is 7.72. The van der Waals surface area contributed by atoms with Gasteiger partial charge in [-0.2, -0.15) is 0 Å². The van der Waals surface area contributed by atoms with E-state index in [1.165, 1.54) is 12.1 Å². The number of ether oxygens (including phenoxy) is 1. The molecule has 0 spiro atoms. The molecule has 1 heterocycles. The maximum atomic E-state index is 13.5. The SMILES string of the molecule is CN(C)C=CC(=O)c1ccc(OCc2ccc3cc(F)ccc3n2)cc1C(c1ccccc1)C(C)(C)C. The molecule has 4 nitrogen and oxygen atoms in total. The third-order valence-electron chi connectivity index (χ3n) is 6.22. The third-order valence-corrected chi connectivity index (χ3v) is 6.22. The number of ketones is 1. The van der Waals surface area contributed by atoms with Gasteiger partial charge >= 0.3 is 0 Å². The molecule has 0 saturated carbocycles. The molecule has 3 aromatic carbocycles. The topological polar surface area (TPSA) is 42.4 Å². The highest BCUT2D eigenvalue weighted by Crippen LogP contribution is 2.43. The Morgan fingerprint density at radius 3 is 2.46 bits per heavy atom. The van der Waals surface area contributed by atoms with Crippen LogP contribution in [0.15, 0.2) is 91.1 Å². The minimum absolute atomic E-state index is 0.0300. The zero-order valence-corrected chi connectivity index (χ0v) is 22.0. The molecule has 190 valence electrons. The Bertz CT molecular complexity index is 1420. The van der Waals surface area contributed by atoms with Crippen LogP contribution in [-0.4, -0.2) is 29.8 Å². The Morgan fingerprint density at radius 1 is 1.00 bits per heavy atom. The molecule has 4 aromatic rings. The van der Waals surface area contributed by atoms with Crippen molar-refractivity contribution < 1.29 is 13.9 Å². The molecule has 37 heavy (non-hydrogen) atoms. The number of nitrogens with zero attached hydrogens (tertiary/aromatic N) is 2. The Balaban J connectivity index is 1.71. The number of hydrogen-bond acceptors (Lipinski definition) is 4. The average molecular weight is 497 g/mol. The van der Waals surface area contributed by atoms with Crippen molar-refractivity contribution in [1.82, 2.24) is 9.88 Å². The van der Waals surface area contributed by atoms with Crippen molar-refractivity contribution in [2.75, 3.05) is 14.1 Å².